The van der Waals surface area contributed by atoms with Crippen LogP contribution in [-0.4, -0.2) is 10.3 Å². The molecule has 0 saturated carbocycles. The molecule has 1 atom stereocenters. The third-order valence-electron chi connectivity index (χ3n) is 10.2. The highest BCUT2D eigenvalue weighted by Gasteiger charge is 2.31. The highest BCUT2D eigenvalue weighted by atomic mass is 15.3. The van der Waals surface area contributed by atoms with Gasteiger partial charge in [-0.2, -0.15) is 0 Å². The fourth-order valence-electron chi connectivity index (χ4n) is 7.99. The summed E-state index contributed by atoms with van der Waals surface area (Å²) >= 11 is 0. The second-order valence-corrected chi connectivity index (χ2v) is 13.1. The molecule has 1 N–H and O–H groups in total. The second-order valence-electron chi connectivity index (χ2n) is 13.1. The van der Waals surface area contributed by atoms with E-state index in [9.17, 15) is 0 Å². The number of nitrogens with zero attached hydrogens (tertiary/aromatic N) is 3. The number of para-hydroxylation sites is 3. The average Bonchev–Trinajstić information content (AvgIpc) is 3.46. The summed E-state index contributed by atoms with van der Waals surface area (Å²) in [4.78, 5) is 7.84. The summed E-state index contributed by atoms with van der Waals surface area (Å²) < 4.78 is 2.36. The van der Waals surface area contributed by atoms with E-state index in [1.165, 1.54) is 49.8 Å². The van der Waals surface area contributed by atoms with Crippen molar-refractivity contribution in [2.24, 2.45) is 4.99 Å². The van der Waals surface area contributed by atoms with Crippen molar-refractivity contribution in [2.75, 3.05) is 4.90 Å². The molecule has 4 heteroatoms. The van der Waals surface area contributed by atoms with Gasteiger partial charge in [0.25, 0.3) is 0 Å². The molecular weight excluding hydrogens is 609 g/mol. The molecule has 0 fully saturated rings. The molecule has 238 valence electrons. The van der Waals surface area contributed by atoms with Gasteiger partial charge in [0.05, 0.1) is 28.1 Å². The summed E-state index contributed by atoms with van der Waals surface area (Å²) in [5.41, 5.74) is 14.3. The predicted molar refractivity (Wildman–Crippen MR) is 207 cm³/mol. The van der Waals surface area contributed by atoms with Crippen LogP contribution in [0.2, 0.25) is 0 Å². The first-order chi connectivity index (χ1) is 24.8. The minimum atomic E-state index is -0.262. The smallest absolute Gasteiger partial charge is 0.146 e. The molecule has 4 nitrogen and oxygen atoms in total. The summed E-state index contributed by atoms with van der Waals surface area (Å²) in [6, 6.07) is 54.4. The van der Waals surface area contributed by atoms with Gasteiger partial charge in [-0.25, -0.2) is 0 Å². The Balaban J connectivity index is 1.19. The Labute approximate surface area is 291 Å². The van der Waals surface area contributed by atoms with Crippen LogP contribution >= 0.6 is 0 Å². The lowest BCUT2D eigenvalue weighted by molar-refractivity contribution is 0.607. The lowest BCUT2D eigenvalue weighted by Gasteiger charge is -2.35. The zero-order chi connectivity index (χ0) is 33.0. The Morgan fingerprint density at radius 3 is 2.18 bits per heavy atom. The van der Waals surface area contributed by atoms with E-state index in [2.05, 4.69) is 185 Å². The average molecular weight is 643 g/mol. The minimum absolute atomic E-state index is 0.262. The molecule has 0 radical (unpaired) electrons. The number of aliphatic imine (C=N–C) groups is 1. The van der Waals surface area contributed by atoms with Crippen molar-refractivity contribution in [3.8, 4) is 16.8 Å². The van der Waals surface area contributed by atoms with Crippen molar-refractivity contribution in [3.63, 3.8) is 0 Å². The maximum atomic E-state index is 5.40. The quantitative estimate of drug-likeness (QED) is 0.207. The van der Waals surface area contributed by atoms with E-state index in [4.69, 9.17) is 4.99 Å². The first-order valence-corrected chi connectivity index (χ1v) is 17.4. The van der Waals surface area contributed by atoms with Gasteiger partial charge in [-0.1, -0.05) is 121 Å². The molecule has 1 aliphatic carbocycles. The molecule has 1 aromatic heterocycles. The van der Waals surface area contributed by atoms with Gasteiger partial charge in [0.15, 0.2) is 0 Å². The fraction of sp³-hybridized carbons (Fsp3) is 0.0652. The summed E-state index contributed by atoms with van der Waals surface area (Å²) in [5, 5.41) is 6.33. The summed E-state index contributed by atoms with van der Waals surface area (Å²) in [5.74, 6) is 1.01. The van der Waals surface area contributed by atoms with Crippen LogP contribution < -0.4 is 10.2 Å². The topological polar surface area (TPSA) is 32.6 Å². The van der Waals surface area contributed by atoms with Crippen LogP contribution in [-0.2, 0) is 0 Å². The van der Waals surface area contributed by atoms with E-state index in [1.807, 2.05) is 0 Å². The van der Waals surface area contributed by atoms with Crippen LogP contribution in [0.1, 0.15) is 35.7 Å². The van der Waals surface area contributed by atoms with Gasteiger partial charge in [0.2, 0.25) is 0 Å². The number of hydrogen-bond acceptors (Lipinski definition) is 3. The molecule has 7 aromatic rings. The number of nitrogens with one attached hydrogen (secondary N) is 1. The van der Waals surface area contributed by atoms with Crippen molar-refractivity contribution in [1.82, 2.24) is 9.88 Å². The molecule has 2 aliphatic heterocycles. The number of rotatable bonds is 4. The standard InChI is InChI=1S/C46H34N4/c1-3-15-31(16-4-1)46-47-40(32-27-28-44-39(29-32)38-23-11-12-24-41(38)49(44)33-17-5-2-6-18-33)30-45(48-46)50-42-25-13-9-21-36(42)34-19-7-8-20-35(34)37-22-10-14-26-43(37)50/h1-9,11-21,23-30,46,48H,10,22H2. The molecule has 6 aromatic carbocycles. The van der Waals surface area contributed by atoms with Crippen molar-refractivity contribution in [2.45, 2.75) is 19.0 Å². The molecule has 3 aliphatic rings. The maximum absolute atomic E-state index is 5.40. The second kappa shape index (κ2) is 11.6. The van der Waals surface area contributed by atoms with Crippen LogP contribution in [0.5, 0.6) is 0 Å². The first kappa shape index (κ1) is 28.6. The monoisotopic (exact) mass is 642 g/mol. The molecule has 1 unspecified atom stereocenters. The number of hydrogen-bond donors (Lipinski definition) is 1. The lowest BCUT2D eigenvalue weighted by atomic mass is 9.90. The SMILES string of the molecule is C1=CC2=C(CC1)c1ccccc1-c1ccccc1N2C1=CC(c2ccc3c(c2)c2ccccc2n3-c2ccccc2)=NC(c2ccccc2)N1. The highest BCUT2D eigenvalue weighted by molar-refractivity contribution is 6.16. The van der Waals surface area contributed by atoms with Crippen LogP contribution in [0.15, 0.2) is 186 Å². The Morgan fingerprint density at radius 2 is 1.32 bits per heavy atom. The van der Waals surface area contributed by atoms with E-state index in [0.29, 0.717) is 0 Å². The van der Waals surface area contributed by atoms with Gasteiger partial charge >= 0.3 is 0 Å². The van der Waals surface area contributed by atoms with Crippen LogP contribution in [0.4, 0.5) is 5.69 Å². The number of benzene rings is 6. The molecule has 0 spiro atoms. The van der Waals surface area contributed by atoms with Crippen molar-refractivity contribution in [3.05, 3.63) is 198 Å². The number of allylic oxidation sites excluding steroid dienone is 4. The van der Waals surface area contributed by atoms with Gasteiger partial charge < -0.3 is 9.88 Å². The molecule has 3 heterocycles. The van der Waals surface area contributed by atoms with Crippen molar-refractivity contribution >= 4 is 38.8 Å². The molecule has 0 saturated heterocycles. The van der Waals surface area contributed by atoms with Crippen LogP contribution in [0, 0.1) is 0 Å². The van der Waals surface area contributed by atoms with Crippen molar-refractivity contribution in [1.29, 1.82) is 0 Å². The predicted octanol–water partition coefficient (Wildman–Crippen LogP) is 11.0. The largest absolute Gasteiger partial charge is 0.346 e. The van der Waals surface area contributed by atoms with Gasteiger partial charge in [0.1, 0.15) is 12.0 Å². The number of anilines is 1. The number of aromatic nitrogens is 1. The van der Waals surface area contributed by atoms with Crippen molar-refractivity contribution < 1.29 is 0 Å². The van der Waals surface area contributed by atoms with Gasteiger partial charge in [0, 0.05) is 33.7 Å². The Morgan fingerprint density at radius 1 is 0.620 bits per heavy atom. The van der Waals surface area contributed by atoms with Gasteiger partial charge in [-0.3, -0.25) is 9.89 Å². The van der Waals surface area contributed by atoms with Gasteiger partial charge in [-0.05, 0) is 77.6 Å². The first-order valence-electron chi connectivity index (χ1n) is 17.4. The summed E-state index contributed by atoms with van der Waals surface area (Å²) in [7, 11) is 0. The van der Waals surface area contributed by atoms with Gasteiger partial charge in [-0.15, -0.1) is 0 Å². The minimum Gasteiger partial charge on any atom is -0.346 e. The Hall–Kier alpha value is -6.39. The Kier molecular flexibility index (Phi) is 6.66. The van der Waals surface area contributed by atoms with E-state index >= 15 is 0 Å². The third kappa shape index (κ3) is 4.56. The van der Waals surface area contributed by atoms with E-state index in [0.717, 1.165) is 46.9 Å². The molecular formula is C46H34N4. The fourth-order valence-corrected chi connectivity index (χ4v) is 7.99. The van der Waals surface area contributed by atoms with E-state index in [-0.39, 0.29) is 6.17 Å². The number of fused-ring (bicyclic) bond motifs is 7. The molecule has 10 rings (SSSR count). The van der Waals surface area contributed by atoms with Crippen LogP contribution in [0.25, 0.3) is 44.2 Å². The van der Waals surface area contributed by atoms with E-state index in [1.54, 1.807) is 0 Å². The zero-order valence-corrected chi connectivity index (χ0v) is 27.5. The van der Waals surface area contributed by atoms with E-state index < -0.39 is 0 Å². The van der Waals surface area contributed by atoms with Crippen LogP contribution in [0.3, 0.4) is 0 Å². The summed E-state index contributed by atoms with van der Waals surface area (Å²) in [6.07, 6.45) is 8.63. The molecule has 0 bridgehead atoms. The Bertz CT molecular complexity index is 2570. The summed E-state index contributed by atoms with van der Waals surface area (Å²) in [6.45, 7) is 0. The maximum Gasteiger partial charge on any atom is 0.146 e. The lowest BCUT2D eigenvalue weighted by Crippen LogP contribution is -2.37. The third-order valence-corrected chi connectivity index (χ3v) is 10.2. The molecule has 0 amide bonds. The normalized spacial score (nSPS) is 16.6. The zero-order valence-electron chi connectivity index (χ0n) is 27.5. The molecule has 50 heavy (non-hydrogen) atoms. The highest BCUT2D eigenvalue weighted by Crippen LogP contribution is 2.47.